The first-order chi connectivity index (χ1) is 12.6. The van der Waals surface area contributed by atoms with E-state index in [1.54, 1.807) is 0 Å². The number of thiophene rings is 1. The SMILES string of the molecule is CCNC(=NCC(O)c1ccc(Cl)s1)NC1CCN(CC2CCCC2)C1.I. The molecule has 1 aromatic rings. The van der Waals surface area contributed by atoms with Crippen LogP contribution in [-0.4, -0.2) is 54.7 Å². The summed E-state index contributed by atoms with van der Waals surface area (Å²) in [6.45, 7) is 6.72. The summed E-state index contributed by atoms with van der Waals surface area (Å²) in [5, 5.41) is 17.1. The highest BCUT2D eigenvalue weighted by Gasteiger charge is 2.26. The Morgan fingerprint density at radius 3 is 2.81 bits per heavy atom. The van der Waals surface area contributed by atoms with Crippen LogP contribution in [-0.2, 0) is 0 Å². The molecule has 0 bridgehead atoms. The van der Waals surface area contributed by atoms with Gasteiger partial charge >= 0.3 is 0 Å². The monoisotopic (exact) mass is 526 g/mol. The topological polar surface area (TPSA) is 59.9 Å². The zero-order valence-electron chi connectivity index (χ0n) is 16.0. The number of likely N-dealkylation sites (tertiary alicyclic amines) is 1. The maximum absolute atomic E-state index is 10.3. The molecule has 8 heteroatoms. The van der Waals surface area contributed by atoms with Crippen molar-refractivity contribution < 1.29 is 5.11 Å². The summed E-state index contributed by atoms with van der Waals surface area (Å²) in [5.74, 6) is 1.70. The van der Waals surface area contributed by atoms with Crippen molar-refractivity contribution in [3.8, 4) is 0 Å². The molecule has 0 aromatic carbocycles. The molecule has 1 aliphatic carbocycles. The lowest BCUT2D eigenvalue weighted by Crippen LogP contribution is -2.45. The Labute approximate surface area is 189 Å². The Bertz CT molecular complexity index is 594. The van der Waals surface area contributed by atoms with Gasteiger partial charge in [-0.15, -0.1) is 35.3 Å². The summed E-state index contributed by atoms with van der Waals surface area (Å²) in [6.07, 6.45) is 6.18. The smallest absolute Gasteiger partial charge is 0.191 e. The van der Waals surface area contributed by atoms with Crippen LogP contribution in [0.2, 0.25) is 4.34 Å². The van der Waals surface area contributed by atoms with Crippen LogP contribution in [0.15, 0.2) is 17.1 Å². The molecule has 1 saturated heterocycles. The Hall–Kier alpha value is -0.0900. The molecule has 2 fully saturated rings. The standard InChI is InChI=1S/C19H31ClN4OS.HI/c1-2-21-19(22-11-16(25)17-7-8-18(20)26-17)23-15-9-10-24(13-15)12-14-5-3-4-6-14;/h7-8,14-16,25H,2-6,9-13H2,1H3,(H2,21,22,23);1H. The van der Waals surface area contributed by atoms with Gasteiger partial charge in [-0.2, -0.15) is 0 Å². The van der Waals surface area contributed by atoms with Gasteiger partial charge in [0.15, 0.2) is 5.96 Å². The Morgan fingerprint density at radius 1 is 1.37 bits per heavy atom. The fraction of sp³-hybridized carbons (Fsp3) is 0.737. The van der Waals surface area contributed by atoms with E-state index in [0.29, 0.717) is 16.9 Å². The molecule has 5 nitrogen and oxygen atoms in total. The number of guanidine groups is 1. The van der Waals surface area contributed by atoms with Crippen LogP contribution in [0.4, 0.5) is 0 Å². The Kier molecular flexibility index (Phi) is 10.1. The molecule has 1 saturated carbocycles. The molecule has 2 unspecified atom stereocenters. The van der Waals surface area contributed by atoms with E-state index in [-0.39, 0.29) is 24.0 Å². The number of rotatable bonds is 7. The van der Waals surface area contributed by atoms with E-state index in [1.807, 2.05) is 12.1 Å². The first kappa shape index (κ1) is 23.2. The lowest BCUT2D eigenvalue weighted by atomic mass is 10.1. The van der Waals surface area contributed by atoms with E-state index in [0.717, 1.165) is 36.3 Å². The number of nitrogens with zero attached hydrogens (tertiary/aromatic N) is 2. The van der Waals surface area contributed by atoms with Gasteiger partial charge in [0.2, 0.25) is 0 Å². The molecule has 0 spiro atoms. The third kappa shape index (κ3) is 7.34. The van der Waals surface area contributed by atoms with Crippen molar-refractivity contribution in [2.24, 2.45) is 10.9 Å². The lowest BCUT2D eigenvalue weighted by molar-refractivity contribution is 0.191. The predicted octanol–water partition coefficient (Wildman–Crippen LogP) is 3.87. The molecule has 2 atom stereocenters. The van der Waals surface area contributed by atoms with Gasteiger partial charge in [0.05, 0.1) is 10.9 Å². The van der Waals surface area contributed by atoms with Crippen LogP contribution in [0, 0.1) is 5.92 Å². The maximum Gasteiger partial charge on any atom is 0.191 e. The summed E-state index contributed by atoms with van der Waals surface area (Å²) in [7, 11) is 0. The van der Waals surface area contributed by atoms with E-state index >= 15 is 0 Å². The maximum atomic E-state index is 10.3. The fourth-order valence-corrected chi connectivity index (χ4v) is 5.00. The van der Waals surface area contributed by atoms with Crippen molar-refractivity contribution in [2.75, 3.05) is 32.7 Å². The second kappa shape index (κ2) is 11.8. The van der Waals surface area contributed by atoms with E-state index < -0.39 is 6.10 Å². The van der Waals surface area contributed by atoms with Crippen LogP contribution in [0.5, 0.6) is 0 Å². The van der Waals surface area contributed by atoms with Crippen molar-refractivity contribution in [2.45, 2.75) is 51.2 Å². The third-order valence-corrected chi connectivity index (χ3v) is 6.63. The second-order valence-corrected chi connectivity index (χ2v) is 9.16. The van der Waals surface area contributed by atoms with E-state index in [2.05, 4.69) is 27.4 Å². The largest absolute Gasteiger partial charge is 0.386 e. The van der Waals surface area contributed by atoms with Gasteiger partial charge in [0.25, 0.3) is 0 Å². The van der Waals surface area contributed by atoms with Crippen molar-refractivity contribution >= 4 is 52.9 Å². The number of nitrogens with one attached hydrogen (secondary N) is 2. The molecule has 0 radical (unpaired) electrons. The molecular weight excluding hydrogens is 495 g/mol. The van der Waals surface area contributed by atoms with Crippen molar-refractivity contribution in [3.63, 3.8) is 0 Å². The quantitative estimate of drug-likeness (QED) is 0.287. The average Bonchev–Trinajstić information content (AvgIpc) is 3.36. The van der Waals surface area contributed by atoms with Gasteiger partial charge in [-0.1, -0.05) is 24.4 Å². The molecular formula is C19H32ClIN4OS. The van der Waals surface area contributed by atoms with Crippen LogP contribution in [0.25, 0.3) is 0 Å². The number of halogens is 2. The predicted molar refractivity (Wildman–Crippen MR) is 126 cm³/mol. The van der Waals surface area contributed by atoms with Gasteiger partial charge in [0.1, 0.15) is 6.10 Å². The summed E-state index contributed by atoms with van der Waals surface area (Å²) >= 11 is 7.35. The van der Waals surface area contributed by atoms with Crippen molar-refractivity contribution in [1.82, 2.24) is 15.5 Å². The second-order valence-electron chi connectivity index (χ2n) is 7.42. The van der Waals surface area contributed by atoms with Gasteiger partial charge in [-0.3, -0.25) is 4.99 Å². The summed E-state index contributed by atoms with van der Waals surface area (Å²) in [6, 6.07) is 4.11. The highest BCUT2D eigenvalue weighted by Crippen LogP contribution is 2.27. The first-order valence-electron chi connectivity index (χ1n) is 9.84. The van der Waals surface area contributed by atoms with Gasteiger partial charge in [-0.25, -0.2) is 0 Å². The van der Waals surface area contributed by atoms with Crippen molar-refractivity contribution in [3.05, 3.63) is 21.3 Å². The van der Waals surface area contributed by atoms with Crippen LogP contribution in [0.1, 0.15) is 50.0 Å². The van der Waals surface area contributed by atoms with E-state index in [9.17, 15) is 5.11 Å². The van der Waals surface area contributed by atoms with Gasteiger partial charge in [-0.05, 0) is 44.2 Å². The summed E-state index contributed by atoms with van der Waals surface area (Å²) in [4.78, 5) is 8.04. The normalized spacial score (nSPS) is 22.6. The third-order valence-electron chi connectivity index (χ3n) is 5.29. The Morgan fingerprint density at radius 2 is 2.15 bits per heavy atom. The van der Waals surface area contributed by atoms with E-state index in [4.69, 9.17) is 11.6 Å². The minimum Gasteiger partial charge on any atom is -0.386 e. The zero-order chi connectivity index (χ0) is 18.4. The van der Waals surface area contributed by atoms with Gasteiger partial charge in [0, 0.05) is 37.1 Å². The lowest BCUT2D eigenvalue weighted by Gasteiger charge is -2.21. The molecule has 27 heavy (non-hydrogen) atoms. The minimum atomic E-state index is -0.606. The highest BCUT2D eigenvalue weighted by molar-refractivity contribution is 14.0. The molecule has 0 amide bonds. The fourth-order valence-electron chi connectivity index (χ4n) is 3.96. The number of aliphatic hydroxyl groups excluding tert-OH is 1. The van der Waals surface area contributed by atoms with E-state index in [1.165, 1.54) is 50.1 Å². The van der Waals surface area contributed by atoms with Crippen LogP contribution >= 0.6 is 46.9 Å². The zero-order valence-corrected chi connectivity index (χ0v) is 19.9. The van der Waals surface area contributed by atoms with Gasteiger partial charge < -0.3 is 20.6 Å². The molecule has 3 rings (SSSR count). The highest BCUT2D eigenvalue weighted by atomic mass is 127. The summed E-state index contributed by atoms with van der Waals surface area (Å²) in [5.41, 5.74) is 0. The molecule has 1 aromatic heterocycles. The number of hydrogen-bond acceptors (Lipinski definition) is 4. The molecule has 154 valence electrons. The molecule has 3 N–H and O–H groups in total. The number of aliphatic hydroxyl groups is 1. The van der Waals surface area contributed by atoms with Crippen LogP contribution in [0.3, 0.4) is 0 Å². The summed E-state index contributed by atoms with van der Waals surface area (Å²) < 4.78 is 0.696. The number of hydrogen-bond donors (Lipinski definition) is 3. The minimum absolute atomic E-state index is 0. The molecule has 1 aliphatic heterocycles. The van der Waals surface area contributed by atoms with Crippen molar-refractivity contribution in [1.29, 1.82) is 0 Å². The van der Waals surface area contributed by atoms with Crippen LogP contribution < -0.4 is 10.6 Å². The Balaban J connectivity index is 0.00000261. The average molecular weight is 527 g/mol. The molecule has 2 aliphatic rings. The first-order valence-corrected chi connectivity index (χ1v) is 11.0. The number of aliphatic imine (C=N–C) groups is 1. The molecule has 2 heterocycles.